The Morgan fingerprint density at radius 3 is 2.00 bits per heavy atom. The van der Waals surface area contributed by atoms with Crippen molar-refractivity contribution in [3.63, 3.8) is 0 Å². The Hall–Kier alpha value is -1.73. The third-order valence-electron chi connectivity index (χ3n) is 4.62. The van der Waals surface area contributed by atoms with Gasteiger partial charge >= 0.3 is 0 Å². The molecule has 1 aliphatic rings. The van der Waals surface area contributed by atoms with Crippen molar-refractivity contribution in [3.8, 4) is 0 Å². The summed E-state index contributed by atoms with van der Waals surface area (Å²) in [6, 6.07) is 7.80. The Labute approximate surface area is 164 Å². The van der Waals surface area contributed by atoms with Gasteiger partial charge in [-0.15, -0.1) is 0 Å². The first-order chi connectivity index (χ1) is 13.0. The zero-order chi connectivity index (χ0) is 20.6. The zero-order valence-electron chi connectivity index (χ0n) is 14.8. The van der Waals surface area contributed by atoms with Crippen molar-refractivity contribution in [2.75, 3.05) is 13.1 Å². The number of sulfonamides is 2. The van der Waals surface area contributed by atoms with E-state index in [0.29, 0.717) is 5.76 Å². The molecule has 1 fully saturated rings. The molecule has 0 bridgehead atoms. The van der Waals surface area contributed by atoms with Crippen LogP contribution >= 0.6 is 0 Å². The van der Waals surface area contributed by atoms with Crippen molar-refractivity contribution >= 4 is 29.9 Å². The van der Waals surface area contributed by atoms with Crippen LogP contribution in [-0.2, 0) is 35.6 Å². The van der Waals surface area contributed by atoms with Gasteiger partial charge in [-0.05, 0) is 49.2 Å². The first-order valence-corrected chi connectivity index (χ1v) is 13.1. The first-order valence-electron chi connectivity index (χ1n) is 8.37. The number of primary sulfonamides is 1. The summed E-state index contributed by atoms with van der Waals surface area (Å²) in [7, 11) is -11.2. The normalized spacial score (nSPS) is 17.6. The quantitative estimate of drug-likeness (QED) is 0.684. The van der Waals surface area contributed by atoms with Crippen LogP contribution in [0.3, 0.4) is 0 Å². The molecule has 12 heteroatoms. The fourth-order valence-corrected chi connectivity index (χ4v) is 6.80. The average Bonchev–Trinajstić information content (AvgIpc) is 3.13. The summed E-state index contributed by atoms with van der Waals surface area (Å²) in [5.41, 5.74) is 0. The number of nitrogens with two attached hydrogens (primary N) is 1. The molecule has 154 valence electrons. The topological polar surface area (TPSA) is 145 Å². The second kappa shape index (κ2) is 7.59. The smallest absolute Gasteiger partial charge is 0.243 e. The van der Waals surface area contributed by atoms with Crippen molar-refractivity contribution < 1.29 is 29.7 Å². The van der Waals surface area contributed by atoms with Gasteiger partial charge < -0.3 is 4.42 Å². The molecule has 0 unspecified atom stereocenters. The van der Waals surface area contributed by atoms with E-state index in [1.807, 2.05) is 0 Å². The number of hydrogen-bond acceptors (Lipinski definition) is 7. The minimum Gasteiger partial charge on any atom is -0.468 e. The molecule has 2 heterocycles. The van der Waals surface area contributed by atoms with E-state index in [1.165, 1.54) is 22.7 Å². The van der Waals surface area contributed by atoms with E-state index >= 15 is 0 Å². The second-order valence-corrected chi connectivity index (χ2v) is 12.3. The summed E-state index contributed by atoms with van der Waals surface area (Å²) in [5, 5.41) is 4.37. The van der Waals surface area contributed by atoms with E-state index in [0.717, 1.165) is 12.1 Å². The van der Waals surface area contributed by atoms with E-state index in [-0.39, 0.29) is 41.5 Å². The lowest BCUT2D eigenvalue weighted by molar-refractivity contribution is 0.345. The van der Waals surface area contributed by atoms with Crippen LogP contribution in [-0.4, -0.2) is 47.9 Å². The average molecular weight is 449 g/mol. The van der Waals surface area contributed by atoms with E-state index in [1.54, 1.807) is 12.1 Å². The lowest BCUT2D eigenvalue weighted by Crippen LogP contribution is -2.42. The van der Waals surface area contributed by atoms with Gasteiger partial charge in [0.2, 0.25) is 20.0 Å². The van der Waals surface area contributed by atoms with Crippen LogP contribution in [0.25, 0.3) is 0 Å². The molecule has 0 spiro atoms. The predicted molar refractivity (Wildman–Crippen MR) is 101 cm³/mol. The van der Waals surface area contributed by atoms with Crippen LogP contribution in [0.2, 0.25) is 0 Å². The van der Waals surface area contributed by atoms with Gasteiger partial charge in [0.15, 0.2) is 9.84 Å². The molecule has 2 aromatic rings. The Kier molecular flexibility index (Phi) is 5.69. The van der Waals surface area contributed by atoms with Crippen LogP contribution in [0.1, 0.15) is 18.6 Å². The fraction of sp³-hybridized carbons (Fsp3) is 0.375. The van der Waals surface area contributed by atoms with Gasteiger partial charge in [-0.1, -0.05) is 0 Å². The molecule has 28 heavy (non-hydrogen) atoms. The highest BCUT2D eigenvalue weighted by Gasteiger charge is 2.35. The number of nitrogens with zero attached hydrogens (tertiary/aromatic N) is 1. The highest BCUT2D eigenvalue weighted by molar-refractivity contribution is 7.91. The van der Waals surface area contributed by atoms with Crippen molar-refractivity contribution in [3.05, 3.63) is 48.4 Å². The van der Waals surface area contributed by atoms with Gasteiger partial charge in [-0.25, -0.2) is 30.4 Å². The molecule has 3 rings (SSSR count). The van der Waals surface area contributed by atoms with Crippen molar-refractivity contribution in [2.45, 2.75) is 33.6 Å². The standard InChI is InChI=1S/C16H20N2O7S3/c17-27(21,22)15-3-5-16(6-4-15)28(23,24)18-9-7-14(8-10-18)26(19,20)12-13-2-1-11-25-13/h1-6,11,14H,7-10,12H2,(H2,17,21,22). The molecule has 0 amide bonds. The van der Waals surface area contributed by atoms with Crippen molar-refractivity contribution in [1.29, 1.82) is 0 Å². The Bertz CT molecular complexity index is 1130. The fourth-order valence-electron chi connectivity index (χ4n) is 3.09. The summed E-state index contributed by atoms with van der Waals surface area (Å²) >= 11 is 0. The number of furan rings is 1. The van der Waals surface area contributed by atoms with Gasteiger partial charge in [0.25, 0.3) is 0 Å². The van der Waals surface area contributed by atoms with Crippen LogP contribution in [0.15, 0.2) is 56.9 Å². The molecule has 1 aromatic heterocycles. The SMILES string of the molecule is NS(=O)(=O)c1ccc(S(=O)(=O)N2CCC(S(=O)(=O)Cc3ccco3)CC2)cc1. The minimum absolute atomic E-state index is 0.0569. The molecule has 1 aliphatic heterocycles. The zero-order valence-corrected chi connectivity index (χ0v) is 17.2. The van der Waals surface area contributed by atoms with Gasteiger partial charge in [-0.3, -0.25) is 0 Å². The van der Waals surface area contributed by atoms with Gasteiger partial charge in [0.1, 0.15) is 11.5 Å². The van der Waals surface area contributed by atoms with Gasteiger partial charge in [0, 0.05) is 13.1 Å². The van der Waals surface area contributed by atoms with Crippen LogP contribution in [0.4, 0.5) is 0 Å². The summed E-state index contributed by atoms with van der Waals surface area (Å²) < 4.78 is 79.4. The van der Waals surface area contributed by atoms with Gasteiger partial charge in [-0.2, -0.15) is 4.31 Å². The lowest BCUT2D eigenvalue weighted by Gasteiger charge is -2.30. The summed E-state index contributed by atoms with van der Waals surface area (Å²) in [5.74, 6) is 0.136. The van der Waals surface area contributed by atoms with Gasteiger partial charge in [0.05, 0.1) is 21.3 Å². The number of hydrogen-bond donors (Lipinski definition) is 1. The van der Waals surface area contributed by atoms with Crippen LogP contribution in [0.5, 0.6) is 0 Å². The number of piperidine rings is 1. The molecular formula is C16H20N2O7S3. The van der Waals surface area contributed by atoms with E-state index in [9.17, 15) is 25.3 Å². The molecular weight excluding hydrogens is 428 g/mol. The molecule has 9 nitrogen and oxygen atoms in total. The van der Waals surface area contributed by atoms with E-state index in [4.69, 9.17) is 9.56 Å². The first kappa shape index (κ1) is 21.0. The summed E-state index contributed by atoms with van der Waals surface area (Å²) in [6.45, 7) is 0.114. The Morgan fingerprint density at radius 1 is 0.929 bits per heavy atom. The molecule has 1 saturated heterocycles. The van der Waals surface area contributed by atoms with E-state index in [2.05, 4.69) is 0 Å². The molecule has 0 atom stereocenters. The molecule has 0 radical (unpaired) electrons. The Morgan fingerprint density at radius 2 is 1.50 bits per heavy atom. The van der Waals surface area contributed by atoms with E-state index < -0.39 is 35.1 Å². The predicted octanol–water partition coefficient (Wildman–Crippen LogP) is 0.695. The van der Waals surface area contributed by atoms with Crippen molar-refractivity contribution in [2.24, 2.45) is 5.14 Å². The number of benzene rings is 1. The largest absolute Gasteiger partial charge is 0.468 e. The Balaban J connectivity index is 1.70. The maximum absolute atomic E-state index is 12.7. The molecule has 0 saturated carbocycles. The molecule has 1 aromatic carbocycles. The van der Waals surface area contributed by atoms with Crippen LogP contribution in [0, 0.1) is 0 Å². The third-order valence-corrected chi connectivity index (χ3v) is 9.64. The molecule has 2 N–H and O–H groups in total. The monoisotopic (exact) mass is 448 g/mol. The second-order valence-electron chi connectivity index (χ2n) is 6.51. The number of rotatable bonds is 6. The maximum Gasteiger partial charge on any atom is 0.243 e. The highest BCUT2D eigenvalue weighted by atomic mass is 32.2. The van der Waals surface area contributed by atoms with Crippen LogP contribution < -0.4 is 5.14 Å². The summed E-state index contributed by atoms with van der Waals surface area (Å²) in [6.07, 6.45) is 1.76. The van der Waals surface area contributed by atoms with Crippen molar-refractivity contribution in [1.82, 2.24) is 4.31 Å². The third kappa shape index (κ3) is 4.46. The minimum atomic E-state index is -3.92. The molecule has 0 aliphatic carbocycles. The highest BCUT2D eigenvalue weighted by Crippen LogP contribution is 2.26. The maximum atomic E-state index is 12.7. The number of sulfone groups is 1. The lowest BCUT2D eigenvalue weighted by atomic mass is 10.2. The summed E-state index contributed by atoms with van der Waals surface area (Å²) in [4.78, 5) is -0.258.